The lowest BCUT2D eigenvalue weighted by Crippen LogP contribution is -2.31. The minimum atomic E-state index is -3.68. The number of carbonyl (C=O) groups excluding carboxylic acids is 1. The van der Waals surface area contributed by atoms with Gasteiger partial charge in [0, 0.05) is 13.2 Å². The summed E-state index contributed by atoms with van der Waals surface area (Å²) >= 11 is 0. The maximum absolute atomic E-state index is 12.2. The average molecular weight is 313 g/mol. The maximum atomic E-state index is 12.2. The van der Waals surface area contributed by atoms with Crippen molar-refractivity contribution in [1.82, 2.24) is 4.72 Å². The van der Waals surface area contributed by atoms with Crippen LogP contribution in [0.5, 0.6) is 0 Å². The van der Waals surface area contributed by atoms with E-state index in [1.807, 2.05) is 0 Å². The third-order valence-corrected chi connectivity index (χ3v) is 5.20. The monoisotopic (exact) mass is 313 g/mol. The van der Waals surface area contributed by atoms with Gasteiger partial charge >= 0.3 is 5.97 Å². The Kier molecular flexibility index (Phi) is 4.65. The van der Waals surface area contributed by atoms with E-state index in [2.05, 4.69) is 9.46 Å². The third-order valence-electron chi connectivity index (χ3n) is 3.80. The molecule has 0 bridgehead atoms. The van der Waals surface area contributed by atoms with E-state index in [9.17, 15) is 13.2 Å². The van der Waals surface area contributed by atoms with E-state index in [0.29, 0.717) is 13.0 Å². The van der Waals surface area contributed by atoms with E-state index in [4.69, 9.17) is 5.11 Å². The molecule has 0 spiro atoms. The Morgan fingerprint density at radius 1 is 1.43 bits per heavy atom. The standard InChI is InChI=1S/C14H19NO5S/c1-20-13(17)11-3-2-4-12(9-11)21(18,19)15-10-14(5-6-14)7-8-16/h2-4,9,15-16H,5-8,10H2,1H3. The van der Waals surface area contributed by atoms with Crippen LogP contribution in [0, 0.1) is 5.41 Å². The van der Waals surface area contributed by atoms with Gasteiger partial charge in [0.15, 0.2) is 0 Å². The van der Waals surface area contributed by atoms with E-state index in [1.54, 1.807) is 0 Å². The summed E-state index contributed by atoms with van der Waals surface area (Å²) in [5.74, 6) is -0.578. The summed E-state index contributed by atoms with van der Waals surface area (Å²) in [6.07, 6.45) is 2.42. The molecule has 0 atom stereocenters. The van der Waals surface area contributed by atoms with Crippen LogP contribution < -0.4 is 4.72 Å². The quantitative estimate of drug-likeness (QED) is 0.730. The zero-order valence-electron chi connectivity index (χ0n) is 11.8. The highest BCUT2D eigenvalue weighted by Gasteiger charge is 2.42. The van der Waals surface area contributed by atoms with Crippen molar-refractivity contribution in [2.24, 2.45) is 5.41 Å². The van der Waals surface area contributed by atoms with Crippen LogP contribution in [0.15, 0.2) is 29.2 Å². The number of aliphatic hydroxyl groups excluding tert-OH is 1. The number of aliphatic hydroxyl groups is 1. The van der Waals surface area contributed by atoms with E-state index >= 15 is 0 Å². The molecular weight excluding hydrogens is 294 g/mol. The third kappa shape index (κ3) is 3.81. The normalized spacial score (nSPS) is 16.5. The summed E-state index contributed by atoms with van der Waals surface area (Å²) in [6.45, 7) is 0.359. The molecule has 1 saturated carbocycles. The maximum Gasteiger partial charge on any atom is 0.337 e. The number of rotatable bonds is 7. The molecule has 1 aliphatic carbocycles. The lowest BCUT2D eigenvalue weighted by molar-refractivity contribution is 0.0600. The van der Waals surface area contributed by atoms with Gasteiger partial charge < -0.3 is 9.84 Å². The molecule has 2 rings (SSSR count). The van der Waals surface area contributed by atoms with Crippen LogP contribution in [0.2, 0.25) is 0 Å². The lowest BCUT2D eigenvalue weighted by atomic mass is 10.0. The van der Waals surface area contributed by atoms with Gasteiger partial charge in [0.05, 0.1) is 17.6 Å². The molecule has 1 fully saturated rings. The van der Waals surface area contributed by atoms with E-state index in [0.717, 1.165) is 12.8 Å². The van der Waals surface area contributed by atoms with Gasteiger partial charge in [-0.05, 0) is 42.9 Å². The Morgan fingerprint density at radius 3 is 2.71 bits per heavy atom. The summed E-state index contributed by atoms with van der Waals surface area (Å²) in [5.41, 5.74) is 0.0822. The van der Waals surface area contributed by atoms with Crippen LogP contribution in [0.3, 0.4) is 0 Å². The summed E-state index contributed by atoms with van der Waals surface area (Å²) < 4.78 is 31.6. The first kappa shape index (κ1) is 15.9. The summed E-state index contributed by atoms with van der Waals surface area (Å²) in [6, 6.07) is 5.72. The van der Waals surface area contributed by atoms with Crippen molar-refractivity contribution in [3.63, 3.8) is 0 Å². The zero-order chi connectivity index (χ0) is 15.5. The first-order valence-electron chi connectivity index (χ1n) is 6.71. The predicted octanol–water partition coefficient (Wildman–Crippen LogP) is 0.914. The molecule has 0 radical (unpaired) electrons. The number of esters is 1. The number of hydrogen-bond acceptors (Lipinski definition) is 5. The van der Waals surface area contributed by atoms with E-state index in [1.165, 1.54) is 31.4 Å². The van der Waals surface area contributed by atoms with Crippen molar-refractivity contribution in [1.29, 1.82) is 0 Å². The molecule has 0 amide bonds. The molecule has 0 unspecified atom stereocenters. The number of nitrogens with one attached hydrogen (secondary N) is 1. The van der Waals surface area contributed by atoms with E-state index < -0.39 is 16.0 Å². The fourth-order valence-electron chi connectivity index (χ4n) is 2.17. The first-order chi connectivity index (χ1) is 9.92. The van der Waals surface area contributed by atoms with Gasteiger partial charge in [0.2, 0.25) is 10.0 Å². The van der Waals surface area contributed by atoms with Crippen LogP contribution in [-0.4, -0.2) is 39.8 Å². The van der Waals surface area contributed by atoms with Crippen molar-refractivity contribution in [2.75, 3.05) is 20.3 Å². The minimum Gasteiger partial charge on any atom is -0.465 e. The van der Waals surface area contributed by atoms with Crippen LogP contribution in [-0.2, 0) is 14.8 Å². The van der Waals surface area contributed by atoms with Crippen LogP contribution in [0.25, 0.3) is 0 Å². The smallest absolute Gasteiger partial charge is 0.337 e. The first-order valence-corrected chi connectivity index (χ1v) is 8.20. The number of carbonyl (C=O) groups is 1. The molecule has 6 nitrogen and oxygen atoms in total. The van der Waals surface area contributed by atoms with Gasteiger partial charge in [-0.25, -0.2) is 17.9 Å². The second-order valence-electron chi connectivity index (χ2n) is 5.32. The predicted molar refractivity (Wildman–Crippen MR) is 76.3 cm³/mol. The lowest BCUT2D eigenvalue weighted by Gasteiger charge is -2.15. The number of ether oxygens (including phenoxy) is 1. The van der Waals surface area contributed by atoms with Gasteiger partial charge in [-0.2, -0.15) is 0 Å². The fraction of sp³-hybridized carbons (Fsp3) is 0.500. The zero-order valence-corrected chi connectivity index (χ0v) is 12.6. The highest BCUT2D eigenvalue weighted by Crippen LogP contribution is 2.48. The van der Waals surface area contributed by atoms with Crippen LogP contribution in [0.1, 0.15) is 29.6 Å². The molecule has 0 saturated heterocycles. The Bertz CT molecular complexity index is 622. The Balaban J connectivity index is 2.11. The second kappa shape index (κ2) is 6.13. The Morgan fingerprint density at radius 2 is 2.14 bits per heavy atom. The SMILES string of the molecule is COC(=O)c1cccc(S(=O)(=O)NCC2(CCO)CC2)c1. The van der Waals surface area contributed by atoms with E-state index in [-0.39, 0.29) is 22.5 Å². The molecule has 1 aromatic rings. The highest BCUT2D eigenvalue weighted by atomic mass is 32.2. The number of benzene rings is 1. The molecule has 116 valence electrons. The molecule has 0 aliphatic heterocycles. The molecular formula is C14H19NO5S. The summed E-state index contributed by atoms with van der Waals surface area (Å²) in [7, 11) is -2.43. The van der Waals surface area contributed by atoms with Crippen LogP contribution in [0.4, 0.5) is 0 Å². The van der Waals surface area contributed by atoms with Crippen molar-refractivity contribution in [2.45, 2.75) is 24.2 Å². The molecule has 7 heteroatoms. The number of sulfonamides is 1. The van der Waals surface area contributed by atoms with Crippen molar-refractivity contribution in [3.05, 3.63) is 29.8 Å². The minimum absolute atomic E-state index is 0.0326. The Hall–Kier alpha value is -1.44. The van der Waals surface area contributed by atoms with Gasteiger partial charge in [-0.3, -0.25) is 0 Å². The van der Waals surface area contributed by atoms with Crippen molar-refractivity contribution in [3.8, 4) is 0 Å². The fourth-order valence-corrected chi connectivity index (χ4v) is 3.37. The molecule has 1 aromatic carbocycles. The molecule has 2 N–H and O–H groups in total. The largest absolute Gasteiger partial charge is 0.465 e. The average Bonchev–Trinajstić information content (AvgIpc) is 3.25. The van der Waals surface area contributed by atoms with Gasteiger partial charge in [0.1, 0.15) is 0 Å². The number of hydrogen-bond donors (Lipinski definition) is 2. The van der Waals surface area contributed by atoms with Gasteiger partial charge in [0.25, 0.3) is 0 Å². The van der Waals surface area contributed by atoms with Gasteiger partial charge in [-0.1, -0.05) is 6.07 Å². The number of methoxy groups -OCH3 is 1. The molecule has 1 aliphatic rings. The topological polar surface area (TPSA) is 92.7 Å². The molecule has 0 aromatic heterocycles. The second-order valence-corrected chi connectivity index (χ2v) is 7.08. The summed E-state index contributed by atoms with van der Waals surface area (Å²) in [5, 5.41) is 8.98. The van der Waals surface area contributed by atoms with Gasteiger partial charge in [-0.15, -0.1) is 0 Å². The highest BCUT2D eigenvalue weighted by molar-refractivity contribution is 7.89. The molecule has 21 heavy (non-hydrogen) atoms. The summed E-state index contributed by atoms with van der Waals surface area (Å²) in [4.78, 5) is 11.5. The molecule has 0 heterocycles. The van der Waals surface area contributed by atoms with Crippen LogP contribution >= 0.6 is 0 Å². The van der Waals surface area contributed by atoms with Crippen molar-refractivity contribution < 1.29 is 23.1 Å². The Labute approximate surface area is 124 Å². The van der Waals surface area contributed by atoms with Crippen molar-refractivity contribution >= 4 is 16.0 Å².